The zero-order chi connectivity index (χ0) is 22.5. The first kappa shape index (κ1) is 19.3. The second-order valence-corrected chi connectivity index (χ2v) is 7.95. The minimum absolute atomic E-state index is 0.0701. The molecule has 6 heteroatoms. The van der Waals surface area contributed by atoms with Crippen molar-refractivity contribution in [1.82, 2.24) is 0 Å². The molecule has 1 unspecified atom stereocenters. The van der Waals surface area contributed by atoms with Gasteiger partial charge in [-0.15, -0.1) is 0 Å². The zero-order valence-electron chi connectivity index (χ0n) is 17.2. The van der Waals surface area contributed by atoms with Crippen molar-refractivity contribution < 1.29 is 18.4 Å². The van der Waals surface area contributed by atoms with E-state index in [-0.39, 0.29) is 23.0 Å². The van der Waals surface area contributed by atoms with Crippen LogP contribution in [0, 0.1) is 0 Å². The fourth-order valence-corrected chi connectivity index (χ4v) is 4.47. The lowest BCUT2D eigenvalue weighted by Gasteiger charge is -2.25. The van der Waals surface area contributed by atoms with Crippen LogP contribution in [0.4, 0.5) is 0 Å². The number of carbonyl (C=O) groups excluding carboxylic acids is 1. The summed E-state index contributed by atoms with van der Waals surface area (Å²) in [5, 5.41) is 0.770. The standard InChI is InChI=1S/C27H16O6/c28-23-12-18(20-14-31-21-9-5-4-8-16(21)25(20)29)24-22(33-23)11-10-17-26(30)19(13-32-27(17)24)15-6-2-1-3-7-15/h1-11,13-14,18H,12H2. The van der Waals surface area contributed by atoms with Crippen LogP contribution in [0.25, 0.3) is 33.1 Å². The molecule has 6 rings (SSSR count). The van der Waals surface area contributed by atoms with Gasteiger partial charge in [0, 0.05) is 17.0 Å². The number of hydrogen-bond donors (Lipinski definition) is 0. The van der Waals surface area contributed by atoms with Gasteiger partial charge in [-0.3, -0.25) is 14.4 Å². The molecule has 6 nitrogen and oxygen atoms in total. The van der Waals surface area contributed by atoms with E-state index >= 15 is 0 Å². The molecule has 1 aliphatic rings. The Bertz CT molecular complexity index is 1680. The Labute approximate surface area is 186 Å². The summed E-state index contributed by atoms with van der Waals surface area (Å²) in [4.78, 5) is 39.0. The summed E-state index contributed by atoms with van der Waals surface area (Å²) >= 11 is 0. The van der Waals surface area contributed by atoms with Crippen molar-refractivity contribution in [3.8, 4) is 16.9 Å². The summed E-state index contributed by atoms with van der Waals surface area (Å²) in [6, 6.07) is 19.3. The summed E-state index contributed by atoms with van der Waals surface area (Å²) in [5.41, 5.74) is 2.29. The Morgan fingerprint density at radius 2 is 1.52 bits per heavy atom. The molecular formula is C27H16O6. The maximum Gasteiger partial charge on any atom is 0.312 e. The van der Waals surface area contributed by atoms with Gasteiger partial charge in [0.05, 0.1) is 29.0 Å². The highest BCUT2D eigenvalue weighted by molar-refractivity contribution is 5.90. The van der Waals surface area contributed by atoms with Gasteiger partial charge < -0.3 is 13.6 Å². The molecular weight excluding hydrogens is 420 g/mol. The van der Waals surface area contributed by atoms with Crippen LogP contribution in [-0.2, 0) is 4.79 Å². The van der Waals surface area contributed by atoms with E-state index in [0.29, 0.717) is 38.6 Å². The van der Waals surface area contributed by atoms with Gasteiger partial charge >= 0.3 is 5.97 Å². The number of esters is 1. The number of para-hydroxylation sites is 1. The Hall–Kier alpha value is -4.45. The Balaban J connectivity index is 1.61. The van der Waals surface area contributed by atoms with Gasteiger partial charge in [-0.2, -0.15) is 0 Å². The molecule has 0 spiro atoms. The molecule has 3 heterocycles. The molecule has 5 aromatic rings. The third kappa shape index (κ3) is 2.99. The van der Waals surface area contributed by atoms with E-state index in [1.165, 1.54) is 12.5 Å². The molecule has 0 fully saturated rings. The van der Waals surface area contributed by atoms with E-state index in [9.17, 15) is 14.4 Å². The summed E-state index contributed by atoms with van der Waals surface area (Å²) in [7, 11) is 0. The quantitative estimate of drug-likeness (QED) is 0.286. The lowest BCUT2D eigenvalue weighted by molar-refractivity contribution is -0.135. The Morgan fingerprint density at radius 3 is 2.36 bits per heavy atom. The highest BCUT2D eigenvalue weighted by Gasteiger charge is 2.34. The first-order valence-electron chi connectivity index (χ1n) is 10.5. The maximum atomic E-state index is 13.3. The van der Waals surface area contributed by atoms with Gasteiger partial charge in [0.25, 0.3) is 0 Å². The molecule has 0 bridgehead atoms. The van der Waals surface area contributed by atoms with Crippen LogP contribution >= 0.6 is 0 Å². The zero-order valence-corrected chi connectivity index (χ0v) is 17.2. The first-order valence-corrected chi connectivity index (χ1v) is 10.5. The normalized spacial score (nSPS) is 15.4. The van der Waals surface area contributed by atoms with Gasteiger partial charge in [0.1, 0.15) is 23.2 Å². The fourth-order valence-electron chi connectivity index (χ4n) is 4.47. The third-order valence-electron chi connectivity index (χ3n) is 6.05. The van der Waals surface area contributed by atoms with Crippen molar-refractivity contribution in [3.63, 3.8) is 0 Å². The largest absolute Gasteiger partial charge is 0.464 e. The van der Waals surface area contributed by atoms with E-state index in [1.807, 2.05) is 30.3 Å². The molecule has 0 amide bonds. The van der Waals surface area contributed by atoms with Gasteiger partial charge in [-0.05, 0) is 29.8 Å². The molecule has 0 N–H and O–H groups in total. The van der Waals surface area contributed by atoms with Crippen LogP contribution in [0.2, 0.25) is 0 Å². The number of benzene rings is 3. The molecule has 0 saturated heterocycles. The van der Waals surface area contributed by atoms with Gasteiger partial charge in [-0.1, -0.05) is 42.5 Å². The monoisotopic (exact) mass is 436 g/mol. The summed E-state index contributed by atoms with van der Waals surface area (Å²) in [5.74, 6) is -0.869. The van der Waals surface area contributed by atoms with Gasteiger partial charge in [0.2, 0.25) is 5.43 Å². The predicted octanol–water partition coefficient (Wildman–Crippen LogP) is 5.01. The highest BCUT2D eigenvalue weighted by atomic mass is 16.5. The molecule has 0 aliphatic carbocycles. The number of hydrogen-bond acceptors (Lipinski definition) is 6. The smallest absolute Gasteiger partial charge is 0.312 e. The van der Waals surface area contributed by atoms with E-state index in [2.05, 4.69) is 0 Å². The molecule has 3 aromatic carbocycles. The number of ether oxygens (including phenoxy) is 1. The molecule has 160 valence electrons. The molecule has 0 radical (unpaired) electrons. The third-order valence-corrected chi connectivity index (χ3v) is 6.05. The van der Waals surface area contributed by atoms with Gasteiger partial charge in [0.15, 0.2) is 5.43 Å². The van der Waals surface area contributed by atoms with Gasteiger partial charge in [-0.25, -0.2) is 0 Å². The van der Waals surface area contributed by atoms with E-state index < -0.39 is 11.9 Å². The Kier molecular flexibility index (Phi) is 4.26. The second kappa shape index (κ2) is 7.31. The minimum atomic E-state index is -0.670. The number of fused-ring (bicyclic) bond motifs is 4. The summed E-state index contributed by atoms with van der Waals surface area (Å²) in [6.07, 6.45) is 2.73. The van der Waals surface area contributed by atoms with Crippen molar-refractivity contribution in [1.29, 1.82) is 0 Å². The van der Waals surface area contributed by atoms with Crippen molar-refractivity contribution in [2.24, 2.45) is 0 Å². The first-order chi connectivity index (χ1) is 16.1. The van der Waals surface area contributed by atoms with Crippen LogP contribution in [0.1, 0.15) is 23.5 Å². The predicted molar refractivity (Wildman–Crippen MR) is 122 cm³/mol. The van der Waals surface area contributed by atoms with E-state index in [0.717, 1.165) is 5.56 Å². The highest BCUT2D eigenvalue weighted by Crippen LogP contribution is 2.42. The van der Waals surface area contributed by atoms with Crippen LogP contribution < -0.4 is 15.6 Å². The number of rotatable bonds is 2. The molecule has 0 saturated carbocycles. The van der Waals surface area contributed by atoms with Crippen molar-refractivity contribution in [2.45, 2.75) is 12.3 Å². The molecule has 2 aromatic heterocycles. The van der Waals surface area contributed by atoms with E-state index in [1.54, 1.807) is 36.4 Å². The van der Waals surface area contributed by atoms with Crippen LogP contribution in [-0.4, -0.2) is 5.97 Å². The van der Waals surface area contributed by atoms with Crippen molar-refractivity contribution in [3.05, 3.63) is 111 Å². The maximum absolute atomic E-state index is 13.3. The molecule has 33 heavy (non-hydrogen) atoms. The second-order valence-electron chi connectivity index (χ2n) is 7.95. The van der Waals surface area contributed by atoms with E-state index in [4.69, 9.17) is 13.6 Å². The molecule has 1 atom stereocenters. The molecule has 1 aliphatic heterocycles. The van der Waals surface area contributed by atoms with Crippen molar-refractivity contribution in [2.75, 3.05) is 0 Å². The van der Waals surface area contributed by atoms with Crippen LogP contribution in [0.5, 0.6) is 5.75 Å². The summed E-state index contributed by atoms with van der Waals surface area (Å²) < 4.78 is 17.1. The number of carbonyl (C=O) groups is 1. The summed E-state index contributed by atoms with van der Waals surface area (Å²) in [6.45, 7) is 0. The lowest BCUT2D eigenvalue weighted by atomic mass is 9.85. The Morgan fingerprint density at radius 1 is 0.727 bits per heavy atom. The van der Waals surface area contributed by atoms with Crippen LogP contribution in [0.15, 0.2) is 97.7 Å². The average Bonchev–Trinajstić information content (AvgIpc) is 2.84. The van der Waals surface area contributed by atoms with Crippen molar-refractivity contribution >= 4 is 27.9 Å². The fraction of sp³-hybridized carbons (Fsp3) is 0.0741. The van der Waals surface area contributed by atoms with Crippen LogP contribution in [0.3, 0.4) is 0 Å². The topological polar surface area (TPSA) is 86.7 Å². The lowest BCUT2D eigenvalue weighted by Crippen LogP contribution is -2.25. The SMILES string of the molecule is O=C1CC(c2coc3ccccc3c2=O)c2c(ccc3c(=O)c(-c4ccccc4)coc23)O1. The average molecular weight is 436 g/mol. The minimum Gasteiger partial charge on any atom is -0.464 e.